The molecule has 0 amide bonds. The molecule has 1 saturated heterocycles. The lowest BCUT2D eigenvalue weighted by Gasteiger charge is -2.40. The number of halogens is 1. The van der Waals surface area contributed by atoms with Crippen LogP contribution in [0.5, 0.6) is 0 Å². The Bertz CT molecular complexity index is 447. The van der Waals surface area contributed by atoms with Gasteiger partial charge in [0, 0.05) is 20.1 Å². The number of anilines is 2. The fourth-order valence-electron chi connectivity index (χ4n) is 3.52. The summed E-state index contributed by atoms with van der Waals surface area (Å²) in [7, 11) is 1.83. The van der Waals surface area contributed by atoms with E-state index in [2.05, 4.69) is 20.2 Å². The molecule has 19 heavy (non-hydrogen) atoms. The van der Waals surface area contributed by atoms with Crippen LogP contribution in [-0.4, -0.2) is 30.1 Å². The molecular formula is C14H21ClN4. The molecule has 3 rings (SSSR count). The van der Waals surface area contributed by atoms with Gasteiger partial charge >= 0.3 is 0 Å². The van der Waals surface area contributed by atoms with Crippen molar-refractivity contribution in [3.8, 4) is 0 Å². The topological polar surface area (TPSA) is 41.1 Å². The highest BCUT2D eigenvalue weighted by atomic mass is 35.5. The van der Waals surface area contributed by atoms with Crippen LogP contribution in [0, 0.1) is 5.41 Å². The van der Waals surface area contributed by atoms with Gasteiger partial charge in [0.2, 0.25) is 5.95 Å². The molecule has 1 aromatic rings. The van der Waals surface area contributed by atoms with E-state index in [4.69, 9.17) is 11.6 Å². The highest BCUT2D eigenvalue weighted by molar-refractivity contribution is 6.32. The van der Waals surface area contributed by atoms with Crippen LogP contribution in [0.15, 0.2) is 6.20 Å². The Morgan fingerprint density at radius 1 is 1.21 bits per heavy atom. The SMILES string of the molecule is CNc1ncc(Cl)c(N2CCC3(CCCC3)CC2)n1. The van der Waals surface area contributed by atoms with E-state index in [9.17, 15) is 0 Å². The average molecular weight is 281 g/mol. The van der Waals surface area contributed by atoms with Gasteiger partial charge in [-0.3, -0.25) is 0 Å². The van der Waals surface area contributed by atoms with Crippen molar-refractivity contribution in [1.82, 2.24) is 9.97 Å². The van der Waals surface area contributed by atoms with Crippen molar-refractivity contribution in [2.75, 3.05) is 30.4 Å². The van der Waals surface area contributed by atoms with Crippen molar-refractivity contribution < 1.29 is 0 Å². The van der Waals surface area contributed by atoms with Crippen molar-refractivity contribution in [1.29, 1.82) is 0 Å². The van der Waals surface area contributed by atoms with Gasteiger partial charge in [-0.2, -0.15) is 4.98 Å². The molecule has 1 aromatic heterocycles. The molecule has 1 spiro atoms. The van der Waals surface area contributed by atoms with Crippen LogP contribution in [-0.2, 0) is 0 Å². The lowest BCUT2D eigenvalue weighted by molar-refractivity contribution is 0.226. The maximum Gasteiger partial charge on any atom is 0.224 e. The molecule has 2 heterocycles. The first-order valence-corrected chi connectivity index (χ1v) is 7.55. The van der Waals surface area contributed by atoms with Gasteiger partial charge in [0.15, 0.2) is 5.82 Å². The summed E-state index contributed by atoms with van der Waals surface area (Å²) in [5.74, 6) is 1.52. The fourth-order valence-corrected chi connectivity index (χ4v) is 3.73. The molecule has 2 aliphatic rings. The van der Waals surface area contributed by atoms with Gasteiger partial charge in [-0.05, 0) is 31.1 Å². The molecule has 0 aromatic carbocycles. The predicted octanol–water partition coefficient (Wildman–Crippen LogP) is 3.33. The molecule has 1 aliphatic heterocycles. The van der Waals surface area contributed by atoms with Crippen LogP contribution in [0.1, 0.15) is 38.5 Å². The van der Waals surface area contributed by atoms with Gasteiger partial charge in [-0.25, -0.2) is 4.98 Å². The number of hydrogen-bond donors (Lipinski definition) is 1. The minimum atomic E-state index is 0.627. The van der Waals surface area contributed by atoms with E-state index in [1.54, 1.807) is 6.20 Å². The normalized spacial score (nSPS) is 21.9. The number of hydrogen-bond acceptors (Lipinski definition) is 4. The van der Waals surface area contributed by atoms with Crippen molar-refractivity contribution in [2.45, 2.75) is 38.5 Å². The number of nitrogens with zero attached hydrogens (tertiary/aromatic N) is 3. The van der Waals surface area contributed by atoms with Crippen molar-refractivity contribution in [3.63, 3.8) is 0 Å². The van der Waals surface area contributed by atoms with Gasteiger partial charge in [0.25, 0.3) is 0 Å². The summed E-state index contributed by atoms with van der Waals surface area (Å²) >= 11 is 6.24. The number of nitrogens with one attached hydrogen (secondary N) is 1. The zero-order valence-corrected chi connectivity index (χ0v) is 12.2. The third-order valence-electron chi connectivity index (χ3n) is 4.74. The highest BCUT2D eigenvalue weighted by Gasteiger charge is 2.37. The second-order valence-electron chi connectivity index (χ2n) is 5.81. The predicted molar refractivity (Wildman–Crippen MR) is 78.9 cm³/mol. The Kier molecular flexibility index (Phi) is 3.52. The van der Waals surface area contributed by atoms with E-state index in [0.29, 0.717) is 16.4 Å². The largest absolute Gasteiger partial charge is 0.357 e. The first kappa shape index (κ1) is 13.0. The van der Waals surface area contributed by atoms with E-state index >= 15 is 0 Å². The maximum absolute atomic E-state index is 6.24. The molecule has 2 fully saturated rings. The third kappa shape index (κ3) is 2.50. The van der Waals surface area contributed by atoms with Crippen molar-refractivity contribution in [2.24, 2.45) is 5.41 Å². The summed E-state index contributed by atoms with van der Waals surface area (Å²) in [5, 5.41) is 3.63. The van der Waals surface area contributed by atoms with Gasteiger partial charge < -0.3 is 10.2 Å². The lowest BCUT2D eigenvalue weighted by atomic mass is 9.77. The molecule has 1 N–H and O–H groups in total. The summed E-state index contributed by atoms with van der Waals surface area (Å²) in [4.78, 5) is 11.0. The van der Waals surface area contributed by atoms with Gasteiger partial charge in [-0.15, -0.1) is 0 Å². The summed E-state index contributed by atoms with van der Waals surface area (Å²) in [5.41, 5.74) is 0.627. The standard InChI is InChI=1S/C14H21ClN4/c1-16-13-17-10-11(15)12(18-13)19-8-6-14(7-9-19)4-2-3-5-14/h10H,2-9H2,1H3,(H,16,17,18). The lowest BCUT2D eigenvalue weighted by Crippen LogP contribution is -2.39. The second-order valence-corrected chi connectivity index (χ2v) is 6.22. The maximum atomic E-state index is 6.24. The number of rotatable bonds is 2. The molecule has 1 aliphatic carbocycles. The van der Waals surface area contributed by atoms with Crippen LogP contribution in [0.2, 0.25) is 5.02 Å². The monoisotopic (exact) mass is 280 g/mol. The zero-order valence-electron chi connectivity index (χ0n) is 11.5. The van der Waals surface area contributed by atoms with Crippen LogP contribution in [0.3, 0.4) is 0 Å². The molecule has 1 saturated carbocycles. The van der Waals surface area contributed by atoms with Crippen LogP contribution in [0.25, 0.3) is 0 Å². The van der Waals surface area contributed by atoms with Crippen LogP contribution < -0.4 is 10.2 Å². The van der Waals surface area contributed by atoms with E-state index in [0.717, 1.165) is 18.9 Å². The quantitative estimate of drug-likeness (QED) is 0.902. The van der Waals surface area contributed by atoms with E-state index in [-0.39, 0.29) is 0 Å². The Morgan fingerprint density at radius 3 is 2.53 bits per heavy atom. The van der Waals surface area contributed by atoms with Gasteiger partial charge in [-0.1, -0.05) is 24.4 Å². The van der Waals surface area contributed by atoms with E-state index in [1.807, 2.05) is 7.05 Å². The molecule has 0 radical (unpaired) electrons. The number of piperidine rings is 1. The number of aromatic nitrogens is 2. The Hall–Kier alpha value is -1.03. The molecule has 0 bridgehead atoms. The smallest absolute Gasteiger partial charge is 0.224 e. The Labute approximate surface area is 119 Å². The summed E-state index contributed by atoms with van der Waals surface area (Å²) < 4.78 is 0. The summed E-state index contributed by atoms with van der Waals surface area (Å²) in [6.07, 6.45) is 9.91. The molecule has 0 unspecified atom stereocenters. The molecular weight excluding hydrogens is 260 g/mol. The summed E-state index contributed by atoms with van der Waals surface area (Å²) in [6, 6.07) is 0. The first-order chi connectivity index (χ1) is 9.22. The van der Waals surface area contributed by atoms with Crippen molar-refractivity contribution in [3.05, 3.63) is 11.2 Å². The average Bonchev–Trinajstić information content (AvgIpc) is 2.89. The van der Waals surface area contributed by atoms with E-state index in [1.165, 1.54) is 38.5 Å². The molecule has 104 valence electrons. The molecule has 4 nitrogen and oxygen atoms in total. The van der Waals surface area contributed by atoms with E-state index < -0.39 is 0 Å². The minimum Gasteiger partial charge on any atom is -0.357 e. The fraction of sp³-hybridized carbons (Fsp3) is 0.714. The van der Waals surface area contributed by atoms with Crippen molar-refractivity contribution >= 4 is 23.4 Å². The zero-order chi connectivity index (χ0) is 13.3. The molecule has 0 atom stereocenters. The Morgan fingerprint density at radius 2 is 1.89 bits per heavy atom. The third-order valence-corrected chi connectivity index (χ3v) is 5.00. The van der Waals surface area contributed by atoms with Gasteiger partial charge in [0.05, 0.1) is 6.20 Å². The van der Waals surface area contributed by atoms with Crippen LogP contribution in [0.4, 0.5) is 11.8 Å². The Balaban J connectivity index is 1.74. The second kappa shape index (κ2) is 5.16. The first-order valence-electron chi connectivity index (χ1n) is 7.18. The highest BCUT2D eigenvalue weighted by Crippen LogP contribution is 2.46. The van der Waals surface area contributed by atoms with Crippen LogP contribution >= 0.6 is 11.6 Å². The minimum absolute atomic E-state index is 0.627. The van der Waals surface area contributed by atoms with Gasteiger partial charge in [0.1, 0.15) is 5.02 Å². The molecule has 5 heteroatoms. The summed E-state index contributed by atoms with van der Waals surface area (Å²) in [6.45, 7) is 2.14.